The number of aliphatic carboxylic acids is 1. The van der Waals surface area contributed by atoms with Crippen LogP contribution in [0.3, 0.4) is 0 Å². The van der Waals surface area contributed by atoms with Gasteiger partial charge in [0.2, 0.25) is 5.91 Å². The molecule has 1 heterocycles. The zero-order chi connectivity index (χ0) is 15.6. The number of amides is 1. The maximum absolute atomic E-state index is 12.5. The van der Waals surface area contributed by atoms with E-state index in [0.29, 0.717) is 25.8 Å². The number of carbonyl (C=O) groups excluding carboxylic acids is 1. The topological polar surface area (TPSA) is 57.6 Å². The monoisotopic (exact) mass is 289 g/mol. The summed E-state index contributed by atoms with van der Waals surface area (Å²) >= 11 is 0. The lowest BCUT2D eigenvalue weighted by Gasteiger charge is -2.36. The van der Waals surface area contributed by atoms with Crippen molar-refractivity contribution in [3.8, 4) is 0 Å². The fourth-order valence-corrected chi connectivity index (χ4v) is 3.02. The van der Waals surface area contributed by atoms with Gasteiger partial charge in [0.05, 0.1) is 12.3 Å². The Balaban J connectivity index is 2.04. The van der Waals surface area contributed by atoms with Crippen molar-refractivity contribution in [3.63, 3.8) is 0 Å². The molecule has 0 bridgehead atoms. The van der Waals surface area contributed by atoms with Gasteiger partial charge in [-0.05, 0) is 44.7 Å². The number of benzene rings is 1. The first-order chi connectivity index (χ1) is 9.88. The fourth-order valence-electron chi connectivity index (χ4n) is 3.02. The third-order valence-electron chi connectivity index (χ3n) is 4.39. The molecule has 1 saturated heterocycles. The van der Waals surface area contributed by atoms with Gasteiger partial charge in [-0.1, -0.05) is 23.8 Å². The zero-order valence-corrected chi connectivity index (χ0v) is 12.9. The molecule has 0 spiro atoms. The van der Waals surface area contributed by atoms with Crippen molar-refractivity contribution in [2.75, 3.05) is 6.54 Å². The highest BCUT2D eigenvalue weighted by atomic mass is 16.4. The molecule has 0 radical (unpaired) electrons. The molecule has 4 nitrogen and oxygen atoms in total. The van der Waals surface area contributed by atoms with Gasteiger partial charge in [-0.3, -0.25) is 9.59 Å². The SMILES string of the molecule is Cc1ccc(C)c(CC(=O)N2CCC(C(=O)O)CC2C)c1. The molecule has 4 heteroatoms. The Labute approximate surface area is 125 Å². The van der Waals surface area contributed by atoms with Gasteiger partial charge in [-0.15, -0.1) is 0 Å². The number of nitrogens with zero attached hydrogens (tertiary/aromatic N) is 1. The second kappa shape index (κ2) is 6.29. The summed E-state index contributed by atoms with van der Waals surface area (Å²) in [6.45, 7) is 6.52. The molecule has 2 atom stereocenters. The molecule has 2 unspecified atom stereocenters. The normalized spacial score (nSPS) is 22.1. The Morgan fingerprint density at radius 3 is 2.67 bits per heavy atom. The van der Waals surface area contributed by atoms with E-state index in [4.69, 9.17) is 5.11 Å². The number of carbonyl (C=O) groups is 2. The fraction of sp³-hybridized carbons (Fsp3) is 0.529. The van der Waals surface area contributed by atoms with E-state index >= 15 is 0 Å². The predicted molar refractivity (Wildman–Crippen MR) is 81.2 cm³/mol. The van der Waals surface area contributed by atoms with Crippen molar-refractivity contribution in [3.05, 3.63) is 34.9 Å². The standard InChI is InChI=1S/C17H23NO3/c1-11-4-5-12(2)15(8-11)10-16(19)18-7-6-14(17(20)21)9-13(18)3/h4-5,8,13-14H,6-7,9-10H2,1-3H3,(H,20,21). The molecule has 1 aromatic carbocycles. The zero-order valence-electron chi connectivity index (χ0n) is 12.9. The number of likely N-dealkylation sites (tertiary alicyclic amines) is 1. The molecule has 0 saturated carbocycles. The van der Waals surface area contributed by atoms with Gasteiger partial charge in [-0.2, -0.15) is 0 Å². The largest absolute Gasteiger partial charge is 0.481 e. The quantitative estimate of drug-likeness (QED) is 0.930. The van der Waals surface area contributed by atoms with Crippen molar-refractivity contribution in [2.24, 2.45) is 5.92 Å². The van der Waals surface area contributed by atoms with Gasteiger partial charge in [0.15, 0.2) is 0 Å². The minimum Gasteiger partial charge on any atom is -0.481 e. The van der Waals surface area contributed by atoms with Gasteiger partial charge >= 0.3 is 5.97 Å². The lowest BCUT2D eigenvalue weighted by atomic mass is 9.91. The second-order valence-corrected chi connectivity index (χ2v) is 6.10. The first-order valence-corrected chi connectivity index (χ1v) is 7.47. The maximum atomic E-state index is 12.5. The summed E-state index contributed by atoms with van der Waals surface area (Å²) in [6, 6.07) is 6.14. The molecular weight excluding hydrogens is 266 g/mol. The van der Waals surface area contributed by atoms with Crippen LogP contribution in [0.5, 0.6) is 0 Å². The predicted octanol–water partition coefficient (Wildman–Crippen LogP) is 2.56. The van der Waals surface area contributed by atoms with Crippen LogP contribution in [0.1, 0.15) is 36.5 Å². The van der Waals surface area contributed by atoms with Crippen molar-refractivity contribution < 1.29 is 14.7 Å². The van der Waals surface area contributed by atoms with E-state index in [0.717, 1.165) is 16.7 Å². The van der Waals surface area contributed by atoms with Gasteiger partial charge in [0.25, 0.3) is 0 Å². The average Bonchev–Trinajstić information content (AvgIpc) is 2.42. The Morgan fingerprint density at radius 1 is 1.33 bits per heavy atom. The number of rotatable bonds is 3. The van der Waals surface area contributed by atoms with Crippen LogP contribution in [-0.4, -0.2) is 34.5 Å². The Hall–Kier alpha value is -1.84. The molecule has 1 amide bonds. The summed E-state index contributed by atoms with van der Waals surface area (Å²) in [6.07, 6.45) is 1.50. The summed E-state index contributed by atoms with van der Waals surface area (Å²) in [5.74, 6) is -0.965. The van der Waals surface area contributed by atoms with Crippen LogP contribution in [0.15, 0.2) is 18.2 Å². The van der Waals surface area contributed by atoms with Crippen LogP contribution in [0.4, 0.5) is 0 Å². The highest BCUT2D eigenvalue weighted by Crippen LogP contribution is 2.24. The van der Waals surface area contributed by atoms with E-state index in [9.17, 15) is 9.59 Å². The first kappa shape index (κ1) is 15.5. The molecule has 114 valence electrons. The second-order valence-electron chi connectivity index (χ2n) is 6.10. The van der Waals surface area contributed by atoms with Crippen LogP contribution in [0, 0.1) is 19.8 Å². The van der Waals surface area contributed by atoms with Gasteiger partial charge in [0, 0.05) is 12.6 Å². The van der Waals surface area contributed by atoms with Crippen LogP contribution in [0.2, 0.25) is 0 Å². The minimum absolute atomic E-state index is 0.00235. The molecule has 21 heavy (non-hydrogen) atoms. The third kappa shape index (κ3) is 3.63. The van der Waals surface area contributed by atoms with Crippen LogP contribution in [0.25, 0.3) is 0 Å². The van der Waals surface area contributed by atoms with Crippen LogP contribution in [-0.2, 0) is 16.0 Å². The van der Waals surface area contributed by atoms with E-state index in [2.05, 4.69) is 6.07 Å². The lowest BCUT2D eigenvalue weighted by Crippen LogP contribution is -2.46. The molecule has 0 aromatic heterocycles. The Morgan fingerprint density at radius 2 is 2.05 bits per heavy atom. The Bertz CT molecular complexity index is 553. The van der Waals surface area contributed by atoms with E-state index in [1.54, 1.807) is 0 Å². The van der Waals surface area contributed by atoms with E-state index in [-0.39, 0.29) is 17.9 Å². The van der Waals surface area contributed by atoms with Crippen molar-refractivity contribution >= 4 is 11.9 Å². The number of hydrogen-bond donors (Lipinski definition) is 1. The van der Waals surface area contributed by atoms with Crippen molar-refractivity contribution in [2.45, 2.75) is 46.1 Å². The first-order valence-electron chi connectivity index (χ1n) is 7.47. The third-order valence-corrected chi connectivity index (χ3v) is 4.39. The van der Waals surface area contributed by atoms with Crippen LogP contribution >= 0.6 is 0 Å². The molecule has 0 aliphatic carbocycles. The number of carboxylic acid groups (broad SMARTS) is 1. The molecule has 1 N–H and O–H groups in total. The molecule has 1 aromatic rings. The Kier molecular flexibility index (Phi) is 4.66. The molecule has 1 aliphatic rings. The van der Waals surface area contributed by atoms with Gasteiger partial charge < -0.3 is 10.0 Å². The van der Waals surface area contributed by atoms with Gasteiger partial charge in [-0.25, -0.2) is 0 Å². The smallest absolute Gasteiger partial charge is 0.306 e. The van der Waals surface area contributed by atoms with Gasteiger partial charge in [0.1, 0.15) is 0 Å². The summed E-state index contributed by atoms with van der Waals surface area (Å²) in [4.78, 5) is 25.4. The highest BCUT2D eigenvalue weighted by Gasteiger charge is 2.32. The summed E-state index contributed by atoms with van der Waals surface area (Å²) in [7, 11) is 0. The highest BCUT2D eigenvalue weighted by molar-refractivity contribution is 5.80. The maximum Gasteiger partial charge on any atom is 0.306 e. The van der Waals surface area contributed by atoms with Crippen molar-refractivity contribution in [1.82, 2.24) is 4.90 Å². The molecule has 2 rings (SSSR count). The number of piperidine rings is 1. The number of carboxylic acids is 1. The van der Waals surface area contributed by atoms with E-state index in [1.807, 2.05) is 37.8 Å². The van der Waals surface area contributed by atoms with Crippen molar-refractivity contribution in [1.29, 1.82) is 0 Å². The molecular formula is C17H23NO3. The van der Waals surface area contributed by atoms with E-state index in [1.165, 1.54) is 0 Å². The summed E-state index contributed by atoms with van der Waals surface area (Å²) in [5.41, 5.74) is 3.34. The average molecular weight is 289 g/mol. The van der Waals surface area contributed by atoms with E-state index < -0.39 is 5.97 Å². The lowest BCUT2D eigenvalue weighted by molar-refractivity contribution is -0.147. The molecule has 1 aliphatic heterocycles. The molecule has 1 fully saturated rings. The summed E-state index contributed by atoms with van der Waals surface area (Å²) < 4.78 is 0. The van der Waals surface area contributed by atoms with Crippen LogP contribution < -0.4 is 0 Å². The number of hydrogen-bond acceptors (Lipinski definition) is 2. The minimum atomic E-state index is -0.747. The number of aryl methyl sites for hydroxylation is 2. The summed E-state index contributed by atoms with van der Waals surface area (Å²) in [5, 5.41) is 9.08.